The quantitative estimate of drug-likeness (QED) is 0.408. The number of hydrogen-bond donors (Lipinski definition) is 1. The number of aromatic nitrogens is 1. The van der Waals surface area contributed by atoms with Crippen molar-refractivity contribution < 1.29 is 28.3 Å². The first kappa shape index (κ1) is 25.8. The third-order valence-electron chi connectivity index (χ3n) is 5.50. The molecule has 1 amide bonds. The summed E-state index contributed by atoms with van der Waals surface area (Å²) in [5, 5.41) is 6.89. The minimum absolute atomic E-state index is 0.0166. The Morgan fingerprint density at radius 3 is 2.34 bits per heavy atom. The van der Waals surface area contributed by atoms with E-state index in [-0.39, 0.29) is 31.0 Å². The summed E-state index contributed by atoms with van der Waals surface area (Å²) in [6.07, 6.45) is -0.220. The van der Waals surface area contributed by atoms with Gasteiger partial charge in [-0.3, -0.25) is 9.59 Å². The molecule has 0 spiro atoms. The number of carbonyl (C=O) groups is 2. The molecule has 0 radical (unpaired) electrons. The van der Waals surface area contributed by atoms with E-state index in [4.69, 9.17) is 18.7 Å². The summed E-state index contributed by atoms with van der Waals surface area (Å²) >= 11 is 0. The number of benzene rings is 2. The van der Waals surface area contributed by atoms with Gasteiger partial charge in [0.15, 0.2) is 11.5 Å². The van der Waals surface area contributed by atoms with E-state index in [9.17, 15) is 9.59 Å². The van der Waals surface area contributed by atoms with Gasteiger partial charge in [0.05, 0.1) is 36.9 Å². The van der Waals surface area contributed by atoms with Crippen molar-refractivity contribution in [3.63, 3.8) is 0 Å². The van der Waals surface area contributed by atoms with Gasteiger partial charge in [-0.25, -0.2) is 0 Å². The molecule has 1 N–H and O–H groups in total. The number of nitrogens with one attached hydrogen (secondary N) is 1. The molecule has 3 aromatic rings. The van der Waals surface area contributed by atoms with Crippen LogP contribution in [0.3, 0.4) is 0 Å². The van der Waals surface area contributed by atoms with Crippen LogP contribution in [0.1, 0.15) is 64.8 Å². The molecule has 0 bridgehead atoms. The van der Waals surface area contributed by atoms with Crippen molar-refractivity contribution in [3.05, 3.63) is 76.2 Å². The summed E-state index contributed by atoms with van der Waals surface area (Å²) in [6, 6.07) is 12.1. The van der Waals surface area contributed by atoms with Gasteiger partial charge >= 0.3 is 5.97 Å². The molecule has 1 heterocycles. The lowest BCUT2D eigenvalue weighted by Gasteiger charge is -2.20. The zero-order valence-electron chi connectivity index (χ0n) is 21.0. The predicted molar refractivity (Wildman–Crippen MR) is 131 cm³/mol. The molecule has 186 valence electrons. The smallest absolute Gasteiger partial charge is 0.308 e. The van der Waals surface area contributed by atoms with E-state index in [1.165, 1.54) is 7.11 Å². The normalized spacial score (nSPS) is 11.7. The summed E-state index contributed by atoms with van der Waals surface area (Å²) < 4.78 is 21.8. The van der Waals surface area contributed by atoms with E-state index in [0.29, 0.717) is 22.8 Å². The highest BCUT2D eigenvalue weighted by Gasteiger charge is 2.22. The maximum Gasteiger partial charge on any atom is 0.308 e. The van der Waals surface area contributed by atoms with Gasteiger partial charge in [-0.1, -0.05) is 35.0 Å². The van der Waals surface area contributed by atoms with E-state index in [2.05, 4.69) is 10.5 Å². The van der Waals surface area contributed by atoms with Crippen LogP contribution in [0.5, 0.6) is 11.5 Å². The number of ether oxygens (including phenoxy) is 3. The van der Waals surface area contributed by atoms with Crippen LogP contribution in [-0.2, 0) is 16.1 Å². The average Bonchev–Trinajstić information content (AvgIpc) is 3.14. The summed E-state index contributed by atoms with van der Waals surface area (Å²) in [5.41, 5.74) is 3.90. The minimum atomic E-state index is -0.546. The third kappa shape index (κ3) is 6.85. The van der Waals surface area contributed by atoms with Gasteiger partial charge in [0, 0.05) is 5.56 Å². The number of rotatable bonds is 10. The van der Waals surface area contributed by atoms with Gasteiger partial charge in [-0.05, 0) is 58.4 Å². The van der Waals surface area contributed by atoms with Crippen LogP contribution < -0.4 is 14.8 Å². The van der Waals surface area contributed by atoms with Crippen LogP contribution in [0, 0.1) is 20.8 Å². The first-order valence-corrected chi connectivity index (χ1v) is 11.5. The molecule has 8 nitrogen and oxygen atoms in total. The van der Waals surface area contributed by atoms with Crippen molar-refractivity contribution in [1.82, 2.24) is 10.5 Å². The van der Waals surface area contributed by atoms with Crippen molar-refractivity contribution in [3.8, 4) is 11.5 Å². The molecule has 2 aromatic carbocycles. The first-order valence-electron chi connectivity index (χ1n) is 11.5. The van der Waals surface area contributed by atoms with E-state index >= 15 is 0 Å². The van der Waals surface area contributed by atoms with Crippen molar-refractivity contribution in [2.24, 2.45) is 0 Å². The Balaban J connectivity index is 1.77. The Hall–Kier alpha value is -3.81. The average molecular weight is 481 g/mol. The minimum Gasteiger partial charge on any atom is -0.493 e. The van der Waals surface area contributed by atoms with E-state index in [1.807, 2.05) is 45.0 Å². The Morgan fingerprint density at radius 2 is 1.74 bits per heavy atom. The molecule has 0 aliphatic carbocycles. The number of aryl methyl sites for hydroxylation is 3. The molecule has 0 saturated carbocycles. The summed E-state index contributed by atoms with van der Waals surface area (Å²) in [7, 11) is 1.51. The van der Waals surface area contributed by atoms with Crippen molar-refractivity contribution in [2.45, 2.75) is 59.8 Å². The standard InChI is InChI=1S/C27H32N2O6/c1-16(2)34-26(30)14-23(20-9-7-17(3)8-10-20)28-27(31)21-11-12-24(25(13-21)32-6)33-15-22-18(4)29-35-19(22)5/h7-13,16,23H,14-15H2,1-6H3,(H,28,31). The summed E-state index contributed by atoms with van der Waals surface area (Å²) in [4.78, 5) is 25.5. The van der Waals surface area contributed by atoms with Crippen molar-refractivity contribution in [1.29, 1.82) is 0 Å². The van der Waals surface area contributed by atoms with Gasteiger partial charge in [-0.2, -0.15) is 0 Å². The van der Waals surface area contributed by atoms with Crippen LogP contribution in [0.15, 0.2) is 47.0 Å². The molecule has 0 aliphatic rings. The molecular weight excluding hydrogens is 448 g/mol. The lowest BCUT2D eigenvalue weighted by Crippen LogP contribution is -2.31. The van der Waals surface area contributed by atoms with Crippen LogP contribution in [0.4, 0.5) is 0 Å². The van der Waals surface area contributed by atoms with Crippen LogP contribution >= 0.6 is 0 Å². The second kappa shape index (κ2) is 11.6. The fourth-order valence-electron chi connectivity index (χ4n) is 3.56. The number of carbonyl (C=O) groups excluding carboxylic acids is 2. The SMILES string of the molecule is COc1cc(C(=O)NC(CC(=O)OC(C)C)c2ccc(C)cc2)ccc1OCc1c(C)noc1C. The first-order chi connectivity index (χ1) is 16.7. The zero-order valence-corrected chi connectivity index (χ0v) is 21.0. The zero-order chi connectivity index (χ0) is 25.5. The second-order valence-electron chi connectivity index (χ2n) is 8.64. The Morgan fingerprint density at radius 1 is 1.03 bits per heavy atom. The van der Waals surface area contributed by atoms with E-state index in [1.54, 1.807) is 32.0 Å². The molecule has 1 aromatic heterocycles. The lowest BCUT2D eigenvalue weighted by molar-refractivity contribution is -0.147. The van der Waals surface area contributed by atoms with Crippen molar-refractivity contribution >= 4 is 11.9 Å². The molecule has 0 aliphatic heterocycles. The number of nitrogens with zero attached hydrogens (tertiary/aromatic N) is 1. The summed E-state index contributed by atoms with van der Waals surface area (Å²) in [5.74, 6) is 0.862. The number of hydrogen-bond acceptors (Lipinski definition) is 7. The second-order valence-corrected chi connectivity index (χ2v) is 8.64. The number of methoxy groups -OCH3 is 1. The highest BCUT2D eigenvalue weighted by atomic mass is 16.5. The molecule has 3 rings (SSSR count). The molecule has 1 atom stereocenters. The van der Waals surface area contributed by atoms with Crippen LogP contribution in [0.25, 0.3) is 0 Å². The molecule has 8 heteroatoms. The highest BCUT2D eigenvalue weighted by molar-refractivity contribution is 5.95. The Kier molecular flexibility index (Phi) is 8.52. The number of amides is 1. The van der Waals surface area contributed by atoms with Gasteiger partial charge in [-0.15, -0.1) is 0 Å². The highest BCUT2D eigenvalue weighted by Crippen LogP contribution is 2.30. The van der Waals surface area contributed by atoms with Gasteiger partial charge in [0.2, 0.25) is 0 Å². The summed E-state index contributed by atoms with van der Waals surface area (Å²) in [6.45, 7) is 9.49. The van der Waals surface area contributed by atoms with E-state index in [0.717, 1.165) is 22.4 Å². The Bertz CT molecular complexity index is 1150. The lowest BCUT2D eigenvalue weighted by atomic mass is 10.0. The molecule has 35 heavy (non-hydrogen) atoms. The van der Waals surface area contributed by atoms with Gasteiger partial charge in [0.1, 0.15) is 12.4 Å². The maximum absolute atomic E-state index is 13.1. The largest absolute Gasteiger partial charge is 0.493 e. The maximum atomic E-state index is 13.1. The monoisotopic (exact) mass is 480 g/mol. The van der Waals surface area contributed by atoms with E-state index < -0.39 is 6.04 Å². The topological polar surface area (TPSA) is 99.9 Å². The third-order valence-corrected chi connectivity index (χ3v) is 5.50. The molecular formula is C27H32N2O6. The fourth-order valence-corrected chi connectivity index (χ4v) is 3.56. The molecule has 0 saturated heterocycles. The molecule has 0 fully saturated rings. The Labute approximate surface area is 205 Å². The van der Waals surface area contributed by atoms with Crippen LogP contribution in [0.2, 0.25) is 0 Å². The van der Waals surface area contributed by atoms with Crippen molar-refractivity contribution in [2.75, 3.05) is 7.11 Å². The number of esters is 1. The molecule has 1 unspecified atom stereocenters. The fraction of sp³-hybridized carbons (Fsp3) is 0.370. The predicted octanol–water partition coefficient (Wildman–Crippen LogP) is 5.00. The van der Waals surface area contributed by atoms with Gasteiger partial charge < -0.3 is 24.1 Å². The van der Waals surface area contributed by atoms with Gasteiger partial charge in [0.25, 0.3) is 5.91 Å². The van der Waals surface area contributed by atoms with Crippen LogP contribution in [-0.4, -0.2) is 30.2 Å².